The summed E-state index contributed by atoms with van der Waals surface area (Å²) in [6.45, 7) is 0.0344. The zero-order valence-corrected chi connectivity index (χ0v) is 7.87. The Morgan fingerprint density at radius 2 is 2.47 bits per heavy atom. The summed E-state index contributed by atoms with van der Waals surface area (Å²) in [6.07, 6.45) is 6.54. The molecule has 0 aliphatic rings. The lowest BCUT2D eigenvalue weighted by Gasteiger charge is -2.04. The number of fused-ring (bicyclic) bond motifs is 1. The van der Waals surface area contributed by atoms with Crippen LogP contribution in [0.5, 0.6) is 0 Å². The largest absolute Gasteiger partial charge is 0.481 e. The van der Waals surface area contributed by atoms with E-state index in [2.05, 4.69) is 9.97 Å². The van der Waals surface area contributed by atoms with Crippen LogP contribution in [0, 0.1) is 0 Å². The summed E-state index contributed by atoms with van der Waals surface area (Å²) >= 11 is 0. The molecule has 0 aliphatic heterocycles. The van der Waals surface area contributed by atoms with Gasteiger partial charge in [0.05, 0.1) is 11.9 Å². The van der Waals surface area contributed by atoms with Gasteiger partial charge in [-0.3, -0.25) is 9.78 Å². The predicted octanol–water partition coefficient (Wildman–Crippen LogP) is -0.144. The summed E-state index contributed by atoms with van der Waals surface area (Å²) in [6, 6.07) is 0. The zero-order chi connectivity index (χ0) is 10.8. The van der Waals surface area contributed by atoms with Crippen LogP contribution in [0.15, 0.2) is 24.8 Å². The number of carboxylic acid groups (broad SMARTS) is 1. The summed E-state index contributed by atoms with van der Waals surface area (Å²) < 4.78 is 1.72. The maximum Gasteiger partial charge on any atom is 0.313 e. The van der Waals surface area contributed by atoms with Gasteiger partial charge in [-0.2, -0.15) is 0 Å². The maximum atomic E-state index is 10.9. The van der Waals surface area contributed by atoms with Gasteiger partial charge < -0.3 is 15.2 Å². The molecule has 2 heterocycles. The SMILES string of the molecule is NCC(C(=O)O)c1cn2ccncc2n1. The third kappa shape index (κ3) is 1.66. The quantitative estimate of drug-likeness (QED) is 0.728. The second-order valence-corrected chi connectivity index (χ2v) is 3.13. The number of nitrogens with zero attached hydrogens (tertiary/aromatic N) is 3. The van der Waals surface area contributed by atoms with E-state index in [0.717, 1.165) is 0 Å². The van der Waals surface area contributed by atoms with Crippen molar-refractivity contribution in [2.24, 2.45) is 5.73 Å². The first-order valence-electron chi connectivity index (χ1n) is 4.44. The molecule has 0 aromatic carbocycles. The number of aromatic nitrogens is 3. The van der Waals surface area contributed by atoms with Crippen molar-refractivity contribution in [3.8, 4) is 0 Å². The Morgan fingerprint density at radius 1 is 1.67 bits per heavy atom. The molecule has 0 aliphatic carbocycles. The Morgan fingerprint density at radius 3 is 3.07 bits per heavy atom. The van der Waals surface area contributed by atoms with Crippen molar-refractivity contribution in [2.45, 2.75) is 5.92 Å². The molecule has 15 heavy (non-hydrogen) atoms. The first kappa shape index (κ1) is 9.60. The molecule has 1 atom stereocenters. The summed E-state index contributed by atoms with van der Waals surface area (Å²) in [7, 11) is 0. The number of hydrogen-bond acceptors (Lipinski definition) is 4. The van der Waals surface area contributed by atoms with Crippen LogP contribution in [0.4, 0.5) is 0 Å². The predicted molar refractivity (Wildman–Crippen MR) is 52.4 cm³/mol. The van der Waals surface area contributed by atoms with Gasteiger partial charge >= 0.3 is 5.97 Å². The standard InChI is InChI=1S/C9H10N4O2/c10-3-6(9(14)15)7-5-13-2-1-11-4-8(13)12-7/h1-2,4-6H,3,10H2,(H,14,15). The van der Waals surface area contributed by atoms with Crippen molar-refractivity contribution in [3.63, 3.8) is 0 Å². The first-order valence-corrected chi connectivity index (χ1v) is 4.44. The fourth-order valence-corrected chi connectivity index (χ4v) is 1.38. The lowest BCUT2D eigenvalue weighted by atomic mass is 10.1. The van der Waals surface area contributed by atoms with Crippen LogP contribution in [0.2, 0.25) is 0 Å². The van der Waals surface area contributed by atoms with Crippen LogP contribution >= 0.6 is 0 Å². The fourth-order valence-electron chi connectivity index (χ4n) is 1.38. The summed E-state index contributed by atoms with van der Waals surface area (Å²) in [5.74, 6) is -1.72. The Balaban J connectivity index is 2.47. The Kier molecular flexibility index (Phi) is 2.34. The molecule has 0 spiro atoms. The maximum absolute atomic E-state index is 10.9. The molecule has 2 aromatic heterocycles. The van der Waals surface area contributed by atoms with Gasteiger partial charge in [0.1, 0.15) is 5.92 Å². The van der Waals surface area contributed by atoms with Crippen LogP contribution in [0.1, 0.15) is 11.6 Å². The molecule has 6 nitrogen and oxygen atoms in total. The van der Waals surface area contributed by atoms with E-state index in [1.54, 1.807) is 29.2 Å². The average molecular weight is 206 g/mol. The van der Waals surface area contributed by atoms with Crippen molar-refractivity contribution in [1.29, 1.82) is 0 Å². The van der Waals surface area contributed by atoms with E-state index in [1.807, 2.05) is 0 Å². The number of aliphatic carboxylic acids is 1. The molecule has 0 fully saturated rings. The Hall–Kier alpha value is -1.95. The van der Waals surface area contributed by atoms with Crippen molar-refractivity contribution in [2.75, 3.05) is 6.54 Å². The molecule has 2 rings (SSSR count). The van der Waals surface area contributed by atoms with Gasteiger partial charge in [-0.25, -0.2) is 4.98 Å². The Bertz CT molecular complexity index is 461. The molecule has 78 valence electrons. The van der Waals surface area contributed by atoms with E-state index in [0.29, 0.717) is 11.3 Å². The second-order valence-electron chi connectivity index (χ2n) is 3.13. The molecule has 0 radical (unpaired) electrons. The fraction of sp³-hybridized carbons (Fsp3) is 0.222. The van der Waals surface area contributed by atoms with Crippen LogP contribution in [0.3, 0.4) is 0 Å². The van der Waals surface area contributed by atoms with Crippen LogP contribution in [0.25, 0.3) is 5.65 Å². The average Bonchev–Trinajstić information content (AvgIpc) is 2.61. The topological polar surface area (TPSA) is 93.5 Å². The number of carboxylic acids is 1. The molecule has 0 saturated heterocycles. The second kappa shape index (κ2) is 3.66. The van der Waals surface area contributed by atoms with Crippen LogP contribution in [-0.2, 0) is 4.79 Å². The number of carbonyl (C=O) groups is 1. The normalized spacial score (nSPS) is 12.9. The molecule has 0 bridgehead atoms. The highest BCUT2D eigenvalue weighted by Gasteiger charge is 2.20. The molecule has 6 heteroatoms. The highest BCUT2D eigenvalue weighted by Crippen LogP contribution is 2.14. The van der Waals surface area contributed by atoms with E-state index >= 15 is 0 Å². The lowest BCUT2D eigenvalue weighted by molar-refractivity contribution is -0.138. The minimum atomic E-state index is -0.964. The van der Waals surface area contributed by atoms with Crippen molar-refractivity contribution in [3.05, 3.63) is 30.5 Å². The minimum Gasteiger partial charge on any atom is -0.481 e. The van der Waals surface area contributed by atoms with E-state index < -0.39 is 11.9 Å². The van der Waals surface area contributed by atoms with E-state index in [-0.39, 0.29) is 6.54 Å². The highest BCUT2D eigenvalue weighted by molar-refractivity contribution is 5.76. The number of rotatable bonds is 3. The first-order chi connectivity index (χ1) is 7.22. The van der Waals surface area contributed by atoms with Gasteiger partial charge in [0.15, 0.2) is 5.65 Å². The van der Waals surface area contributed by atoms with Crippen molar-refractivity contribution >= 4 is 11.6 Å². The third-order valence-corrected chi connectivity index (χ3v) is 2.17. The molecular weight excluding hydrogens is 196 g/mol. The summed E-state index contributed by atoms with van der Waals surface area (Å²) in [4.78, 5) is 18.9. The van der Waals surface area contributed by atoms with Crippen molar-refractivity contribution in [1.82, 2.24) is 14.4 Å². The van der Waals surface area contributed by atoms with E-state index in [9.17, 15) is 4.79 Å². The monoisotopic (exact) mass is 206 g/mol. The van der Waals surface area contributed by atoms with E-state index in [4.69, 9.17) is 10.8 Å². The highest BCUT2D eigenvalue weighted by atomic mass is 16.4. The molecule has 0 saturated carbocycles. The lowest BCUT2D eigenvalue weighted by Crippen LogP contribution is -2.21. The zero-order valence-electron chi connectivity index (χ0n) is 7.87. The minimum absolute atomic E-state index is 0.0344. The molecule has 2 aromatic rings. The van der Waals surface area contributed by atoms with Gasteiger partial charge in [-0.05, 0) is 0 Å². The molecule has 1 unspecified atom stereocenters. The number of hydrogen-bond donors (Lipinski definition) is 2. The Labute approximate surface area is 85.4 Å². The van der Waals surface area contributed by atoms with Crippen molar-refractivity contribution < 1.29 is 9.90 Å². The van der Waals surface area contributed by atoms with E-state index in [1.165, 1.54) is 0 Å². The van der Waals surface area contributed by atoms with Crippen LogP contribution in [-0.4, -0.2) is 32.0 Å². The summed E-state index contributed by atoms with van der Waals surface area (Å²) in [5, 5.41) is 8.91. The molecular formula is C9H10N4O2. The van der Waals surface area contributed by atoms with Crippen LogP contribution < -0.4 is 5.73 Å². The smallest absolute Gasteiger partial charge is 0.313 e. The number of imidazole rings is 1. The molecule has 0 amide bonds. The molecule has 3 N–H and O–H groups in total. The number of nitrogens with two attached hydrogens (primary N) is 1. The summed E-state index contributed by atoms with van der Waals surface area (Å²) in [5.41, 5.74) is 6.46. The van der Waals surface area contributed by atoms with Gasteiger partial charge in [0, 0.05) is 25.1 Å². The van der Waals surface area contributed by atoms with Gasteiger partial charge in [0.25, 0.3) is 0 Å². The van der Waals surface area contributed by atoms with Gasteiger partial charge in [-0.15, -0.1) is 0 Å². The van der Waals surface area contributed by atoms with Gasteiger partial charge in [-0.1, -0.05) is 0 Å². The third-order valence-electron chi connectivity index (χ3n) is 2.17. The van der Waals surface area contributed by atoms with Gasteiger partial charge in [0.2, 0.25) is 0 Å².